The van der Waals surface area contributed by atoms with Crippen molar-refractivity contribution in [3.05, 3.63) is 70.4 Å². The number of nitrogens with two attached hydrogens (primary N) is 1. The number of carbonyl (C=O) groups is 1. The van der Waals surface area contributed by atoms with E-state index in [0.717, 1.165) is 42.2 Å². The number of carbonyl (C=O) groups excluding carboxylic acids is 1. The lowest BCUT2D eigenvalue weighted by Crippen LogP contribution is -2.14. The lowest BCUT2D eigenvalue weighted by atomic mass is 10.0. The minimum atomic E-state index is -4.45. The molecular formula is C24H24F3N3O2. The molecule has 2 N–H and O–H groups in total. The minimum Gasteiger partial charge on any atom is -0.441 e. The Bertz CT molecular complexity index is 1110. The zero-order valence-corrected chi connectivity index (χ0v) is 17.7. The largest absolute Gasteiger partial charge is 0.441 e. The molecule has 5 rings (SSSR count). The topological polar surface area (TPSA) is 82.0 Å². The van der Waals surface area contributed by atoms with Crippen molar-refractivity contribution in [2.24, 2.45) is 5.73 Å². The molecule has 8 heteroatoms. The molecule has 2 heterocycles. The second-order valence-corrected chi connectivity index (χ2v) is 8.29. The minimum absolute atomic E-state index is 0.127. The van der Waals surface area contributed by atoms with Gasteiger partial charge in [0, 0.05) is 35.4 Å². The van der Waals surface area contributed by atoms with Crippen molar-refractivity contribution in [3.63, 3.8) is 0 Å². The van der Waals surface area contributed by atoms with Gasteiger partial charge < -0.3 is 10.2 Å². The van der Waals surface area contributed by atoms with E-state index in [1.807, 2.05) is 12.3 Å². The smallest absolute Gasteiger partial charge is 0.416 e. The summed E-state index contributed by atoms with van der Waals surface area (Å²) in [5, 5.41) is 0. The first-order chi connectivity index (χ1) is 15.2. The van der Waals surface area contributed by atoms with Crippen LogP contribution in [0.5, 0.6) is 0 Å². The molecule has 32 heavy (non-hydrogen) atoms. The summed E-state index contributed by atoms with van der Waals surface area (Å²) >= 11 is 0. The molecule has 1 saturated carbocycles. The fourth-order valence-electron chi connectivity index (χ4n) is 3.75. The van der Waals surface area contributed by atoms with Crippen LogP contribution in [-0.2, 0) is 19.0 Å². The standard InChI is InChI=1S/C15H16N2O.C9H8F3NO/c1-2-4-14-12(3-1)17-15(18-14)11-7-8-16-13(9-11)10-5-6-10;1-5-2-6(8(13)14)4-7(3-5)9(10,11)12/h7-10H,1-6H2;2-4H,1H3,(H2,13,14). The number of nitrogens with zero attached hydrogens (tertiary/aromatic N) is 2. The Morgan fingerprint density at radius 1 is 1.12 bits per heavy atom. The number of oxazole rings is 1. The summed E-state index contributed by atoms with van der Waals surface area (Å²) in [6.45, 7) is 1.47. The van der Waals surface area contributed by atoms with E-state index in [0.29, 0.717) is 11.5 Å². The average molecular weight is 443 g/mol. The first-order valence-corrected chi connectivity index (χ1v) is 10.6. The molecule has 5 nitrogen and oxygen atoms in total. The van der Waals surface area contributed by atoms with E-state index in [1.54, 1.807) is 0 Å². The van der Waals surface area contributed by atoms with Gasteiger partial charge in [-0.2, -0.15) is 13.2 Å². The highest BCUT2D eigenvalue weighted by Gasteiger charge is 2.31. The molecule has 0 saturated heterocycles. The van der Waals surface area contributed by atoms with Crippen molar-refractivity contribution < 1.29 is 22.4 Å². The van der Waals surface area contributed by atoms with E-state index >= 15 is 0 Å². The number of amides is 1. The highest BCUT2D eigenvalue weighted by molar-refractivity contribution is 5.93. The van der Waals surface area contributed by atoms with Gasteiger partial charge in [-0.1, -0.05) is 0 Å². The van der Waals surface area contributed by atoms with Crippen LogP contribution < -0.4 is 5.73 Å². The molecule has 0 spiro atoms. The summed E-state index contributed by atoms with van der Waals surface area (Å²) in [6.07, 6.45) is 4.57. The number of aryl methyl sites for hydroxylation is 3. The van der Waals surface area contributed by atoms with Crippen LogP contribution in [0.4, 0.5) is 13.2 Å². The van der Waals surface area contributed by atoms with E-state index in [4.69, 9.17) is 10.2 Å². The number of rotatable bonds is 3. The number of hydrogen-bond donors (Lipinski definition) is 1. The highest BCUT2D eigenvalue weighted by Crippen LogP contribution is 2.40. The normalized spacial score (nSPS) is 15.5. The third-order valence-corrected chi connectivity index (χ3v) is 5.56. The number of halogens is 3. The van der Waals surface area contributed by atoms with Crippen molar-refractivity contribution >= 4 is 5.91 Å². The summed E-state index contributed by atoms with van der Waals surface area (Å²) in [7, 11) is 0. The maximum absolute atomic E-state index is 12.3. The second kappa shape index (κ2) is 8.76. The van der Waals surface area contributed by atoms with Gasteiger partial charge in [0.2, 0.25) is 11.8 Å². The number of hydrogen-bond acceptors (Lipinski definition) is 4. The van der Waals surface area contributed by atoms with Crippen LogP contribution in [-0.4, -0.2) is 15.9 Å². The summed E-state index contributed by atoms with van der Waals surface area (Å²) in [4.78, 5) is 19.8. The zero-order chi connectivity index (χ0) is 22.9. The molecule has 1 fully saturated rings. The predicted octanol–water partition coefficient (Wildman–Crippen LogP) is 5.61. The fraction of sp³-hybridized carbons (Fsp3) is 0.375. The quantitative estimate of drug-likeness (QED) is 0.571. The highest BCUT2D eigenvalue weighted by atomic mass is 19.4. The fourth-order valence-corrected chi connectivity index (χ4v) is 3.75. The predicted molar refractivity (Wildman–Crippen MR) is 113 cm³/mol. The average Bonchev–Trinajstić information content (AvgIpc) is 3.51. The molecule has 2 aliphatic rings. The van der Waals surface area contributed by atoms with Gasteiger partial charge in [0.25, 0.3) is 0 Å². The van der Waals surface area contributed by atoms with Crippen LogP contribution in [0.2, 0.25) is 0 Å². The summed E-state index contributed by atoms with van der Waals surface area (Å²) in [5.74, 6) is 1.70. The van der Waals surface area contributed by atoms with Crippen molar-refractivity contribution in [1.82, 2.24) is 9.97 Å². The molecule has 1 amide bonds. The Labute approximate surface area is 183 Å². The molecule has 0 atom stereocenters. The van der Waals surface area contributed by atoms with Gasteiger partial charge in [-0.15, -0.1) is 0 Å². The van der Waals surface area contributed by atoms with E-state index in [9.17, 15) is 18.0 Å². The molecule has 0 radical (unpaired) electrons. The zero-order valence-electron chi connectivity index (χ0n) is 17.7. The number of alkyl halides is 3. The van der Waals surface area contributed by atoms with Gasteiger partial charge in [-0.05, 0) is 74.9 Å². The van der Waals surface area contributed by atoms with Gasteiger partial charge in [-0.25, -0.2) is 4.98 Å². The van der Waals surface area contributed by atoms with Crippen LogP contribution >= 0.6 is 0 Å². The first-order valence-electron chi connectivity index (χ1n) is 10.6. The molecule has 0 bridgehead atoms. The van der Waals surface area contributed by atoms with E-state index < -0.39 is 17.6 Å². The monoisotopic (exact) mass is 443 g/mol. The van der Waals surface area contributed by atoms with Gasteiger partial charge in [0.05, 0.1) is 11.3 Å². The van der Waals surface area contributed by atoms with Crippen molar-refractivity contribution in [3.8, 4) is 11.5 Å². The Balaban J connectivity index is 0.000000159. The third kappa shape index (κ3) is 5.18. The first kappa shape index (κ1) is 22.0. The van der Waals surface area contributed by atoms with Crippen LogP contribution in [0.25, 0.3) is 11.5 Å². The summed E-state index contributed by atoms with van der Waals surface area (Å²) in [5.41, 5.74) is 7.71. The number of primary amides is 1. The van der Waals surface area contributed by atoms with Crippen molar-refractivity contribution in [1.29, 1.82) is 0 Å². The van der Waals surface area contributed by atoms with Crippen LogP contribution in [0.15, 0.2) is 40.9 Å². The van der Waals surface area contributed by atoms with Gasteiger partial charge in [0.15, 0.2) is 0 Å². The molecule has 168 valence electrons. The number of pyridine rings is 1. The maximum atomic E-state index is 12.3. The van der Waals surface area contributed by atoms with Crippen LogP contribution in [0.1, 0.15) is 70.2 Å². The van der Waals surface area contributed by atoms with Crippen molar-refractivity contribution in [2.45, 2.75) is 57.5 Å². The number of benzene rings is 1. The molecule has 2 aromatic heterocycles. The summed E-state index contributed by atoms with van der Waals surface area (Å²) < 4.78 is 42.7. The second-order valence-electron chi connectivity index (χ2n) is 8.29. The van der Waals surface area contributed by atoms with Gasteiger partial charge in [-0.3, -0.25) is 9.78 Å². The molecule has 2 aliphatic carbocycles. The Morgan fingerprint density at radius 3 is 2.53 bits per heavy atom. The maximum Gasteiger partial charge on any atom is 0.416 e. The lowest BCUT2D eigenvalue weighted by molar-refractivity contribution is -0.137. The van der Waals surface area contributed by atoms with E-state index in [1.165, 1.54) is 50.1 Å². The molecule has 0 aliphatic heterocycles. The number of aromatic nitrogens is 2. The van der Waals surface area contributed by atoms with Crippen LogP contribution in [0.3, 0.4) is 0 Å². The Morgan fingerprint density at radius 2 is 1.88 bits per heavy atom. The van der Waals surface area contributed by atoms with E-state index in [-0.39, 0.29) is 5.56 Å². The van der Waals surface area contributed by atoms with Gasteiger partial charge in [0.1, 0.15) is 5.76 Å². The van der Waals surface area contributed by atoms with Crippen molar-refractivity contribution in [2.75, 3.05) is 0 Å². The SMILES string of the molecule is Cc1cc(C(N)=O)cc(C(F)(F)F)c1.c1cc(-c2nc3c(o2)CCCC3)cc(C2CC2)n1. The molecule has 0 unspecified atom stereocenters. The van der Waals surface area contributed by atoms with Crippen LogP contribution in [0, 0.1) is 6.92 Å². The number of fused-ring (bicyclic) bond motifs is 1. The molecule has 3 aromatic rings. The van der Waals surface area contributed by atoms with Gasteiger partial charge >= 0.3 is 6.18 Å². The third-order valence-electron chi connectivity index (χ3n) is 5.56. The molecule has 1 aromatic carbocycles. The Hall–Kier alpha value is -3.16. The lowest BCUT2D eigenvalue weighted by Gasteiger charge is -2.08. The summed E-state index contributed by atoms with van der Waals surface area (Å²) in [6, 6.07) is 7.18. The molecular weight excluding hydrogens is 419 g/mol. The Kier molecular flexibility index (Phi) is 6.04. The van der Waals surface area contributed by atoms with E-state index in [2.05, 4.69) is 16.0 Å².